The van der Waals surface area contributed by atoms with Crippen LogP contribution in [0.4, 0.5) is 5.95 Å². The minimum atomic E-state index is -0.0302. The molecule has 2 heterocycles. The van der Waals surface area contributed by atoms with Crippen molar-refractivity contribution >= 4 is 23.6 Å². The van der Waals surface area contributed by atoms with Gasteiger partial charge in [-0.05, 0) is 18.6 Å². The van der Waals surface area contributed by atoms with Crippen molar-refractivity contribution in [3.63, 3.8) is 0 Å². The van der Waals surface area contributed by atoms with Crippen molar-refractivity contribution in [3.05, 3.63) is 6.33 Å². The maximum absolute atomic E-state index is 11.6. The molecular weight excluding hydrogens is 226 g/mol. The largest absolute Gasteiger partial charge is 0.367 e. The third kappa shape index (κ3) is 3.13. The molecule has 0 aliphatic carbocycles. The van der Waals surface area contributed by atoms with E-state index < -0.39 is 0 Å². The summed E-state index contributed by atoms with van der Waals surface area (Å²) in [5.41, 5.74) is 5.36. The number of aromatic nitrogens is 3. The summed E-state index contributed by atoms with van der Waals surface area (Å²) in [4.78, 5) is 15.4. The maximum Gasteiger partial charge on any atom is 0.242 e. The molecule has 0 saturated carbocycles. The van der Waals surface area contributed by atoms with Crippen LogP contribution < -0.4 is 11.1 Å². The number of anilines is 1. The minimum Gasteiger partial charge on any atom is -0.367 e. The van der Waals surface area contributed by atoms with Gasteiger partial charge >= 0.3 is 0 Å². The zero-order valence-corrected chi connectivity index (χ0v) is 9.74. The number of rotatable bonds is 3. The first kappa shape index (κ1) is 11.3. The zero-order valence-electron chi connectivity index (χ0n) is 8.93. The van der Waals surface area contributed by atoms with Gasteiger partial charge in [0.25, 0.3) is 0 Å². The summed E-state index contributed by atoms with van der Waals surface area (Å²) in [5, 5.41) is 6.85. The van der Waals surface area contributed by atoms with Gasteiger partial charge in [0.1, 0.15) is 12.9 Å². The van der Waals surface area contributed by atoms with E-state index in [1.54, 1.807) is 0 Å². The predicted molar refractivity (Wildman–Crippen MR) is 62.9 cm³/mol. The molecule has 0 radical (unpaired) electrons. The molecule has 7 heteroatoms. The highest BCUT2D eigenvalue weighted by Crippen LogP contribution is 2.16. The van der Waals surface area contributed by atoms with Crippen LogP contribution in [0.25, 0.3) is 0 Å². The van der Waals surface area contributed by atoms with Crippen molar-refractivity contribution in [2.24, 2.45) is 0 Å². The summed E-state index contributed by atoms with van der Waals surface area (Å²) in [6.07, 6.45) is 3.70. The second-order valence-corrected chi connectivity index (χ2v) is 4.93. The topological polar surface area (TPSA) is 85.8 Å². The number of carbonyl (C=O) groups excluding carboxylic acids is 1. The Morgan fingerprint density at radius 3 is 3.25 bits per heavy atom. The highest BCUT2D eigenvalue weighted by Gasteiger charge is 2.16. The molecule has 3 N–H and O–H groups in total. The van der Waals surface area contributed by atoms with Crippen LogP contribution in [-0.2, 0) is 11.3 Å². The van der Waals surface area contributed by atoms with Gasteiger partial charge < -0.3 is 11.1 Å². The van der Waals surface area contributed by atoms with Gasteiger partial charge in [0.2, 0.25) is 11.9 Å². The van der Waals surface area contributed by atoms with Gasteiger partial charge in [-0.1, -0.05) is 0 Å². The lowest BCUT2D eigenvalue weighted by Crippen LogP contribution is -2.40. The number of thioether (sulfide) groups is 1. The van der Waals surface area contributed by atoms with E-state index in [1.807, 2.05) is 11.8 Å². The molecule has 1 amide bonds. The molecule has 0 spiro atoms. The second kappa shape index (κ2) is 5.20. The van der Waals surface area contributed by atoms with E-state index in [-0.39, 0.29) is 18.4 Å². The number of hydrogen-bond donors (Lipinski definition) is 2. The number of nitrogen functional groups attached to an aromatic ring is 1. The van der Waals surface area contributed by atoms with Gasteiger partial charge in [0.05, 0.1) is 0 Å². The minimum absolute atomic E-state index is 0.0302. The monoisotopic (exact) mass is 241 g/mol. The normalized spacial score (nSPS) is 20.6. The van der Waals surface area contributed by atoms with Crippen LogP contribution in [0, 0.1) is 0 Å². The quantitative estimate of drug-likeness (QED) is 0.770. The first-order valence-electron chi connectivity index (χ1n) is 5.26. The lowest BCUT2D eigenvalue weighted by atomic mass is 10.2. The summed E-state index contributed by atoms with van der Waals surface area (Å²) < 4.78 is 1.45. The Balaban J connectivity index is 1.79. The molecule has 1 atom stereocenters. The van der Waals surface area contributed by atoms with Crippen molar-refractivity contribution in [2.45, 2.75) is 25.4 Å². The van der Waals surface area contributed by atoms with Crippen molar-refractivity contribution in [1.29, 1.82) is 0 Å². The van der Waals surface area contributed by atoms with Crippen LogP contribution in [0.5, 0.6) is 0 Å². The molecule has 16 heavy (non-hydrogen) atoms. The average Bonchev–Trinajstić information content (AvgIpc) is 2.65. The van der Waals surface area contributed by atoms with Gasteiger partial charge in [0.15, 0.2) is 0 Å². The van der Waals surface area contributed by atoms with Crippen molar-refractivity contribution < 1.29 is 4.79 Å². The molecule has 0 aromatic carbocycles. The molecule has 6 nitrogen and oxygen atoms in total. The van der Waals surface area contributed by atoms with E-state index in [2.05, 4.69) is 15.4 Å². The van der Waals surface area contributed by atoms with Gasteiger partial charge in [-0.3, -0.25) is 4.79 Å². The summed E-state index contributed by atoms with van der Waals surface area (Å²) in [6.45, 7) is 0.186. The molecule has 1 aromatic heterocycles. The number of nitrogens with two attached hydrogens (primary N) is 1. The van der Waals surface area contributed by atoms with E-state index in [1.165, 1.54) is 23.2 Å². The summed E-state index contributed by atoms with van der Waals surface area (Å²) in [5.74, 6) is 2.37. The highest BCUT2D eigenvalue weighted by molar-refractivity contribution is 7.99. The second-order valence-electron chi connectivity index (χ2n) is 3.78. The first-order chi connectivity index (χ1) is 7.74. The van der Waals surface area contributed by atoms with Crippen LogP contribution in [0.2, 0.25) is 0 Å². The van der Waals surface area contributed by atoms with Crippen molar-refractivity contribution in [3.8, 4) is 0 Å². The van der Waals surface area contributed by atoms with E-state index in [0.29, 0.717) is 6.04 Å². The third-order valence-corrected chi connectivity index (χ3v) is 3.60. The van der Waals surface area contributed by atoms with Gasteiger partial charge in [0, 0.05) is 11.8 Å². The highest BCUT2D eigenvalue weighted by atomic mass is 32.2. The maximum atomic E-state index is 11.6. The smallest absolute Gasteiger partial charge is 0.242 e. The van der Waals surface area contributed by atoms with Crippen LogP contribution >= 0.6 is 11.8 Å². The SMILES string of the molecule is Nc1ncn(CC(=O)NC2CCCSC2)n1. The number of hydrogen-bond acceptors (Lipinski definition) is 5. The van der Waals surface area contributed by atoms with Crippen molar-refractivity contribution in [1.82, 2.24) is 20.1 Å². The molecule has 1 aromatic rings. The van der Waals surface area contributed by atoms with Gasteiger partial charge in [-0.25, -0.2) is 9.67 Å². The summed E-state index contributed by atoms with van der Waals surface area (Å²) in [6, 6.07) is 0.298. The van der Waals surface area contributed by atoms with Gasteiger partial charge in [-0.2, -0.15) is 11.8 Å². The Kier molecular flexibility index (Phi) is 3.66. The van der Waals surface area contributed by atoms with Crippen molar-refractivity contribution in [2.75, 3.05) is 17.2 Å². The Morgan fingerprint density at radius 2 is 2.62 bits per heavy atom. The van der Waals surface area contributed by atoms with E-state index >= 15 is 0 Å². The Hall–Kier alpha value is -1.24. The predicted octanol–water partition coefficient (Wildman–Crippen LogP) is -0.128. The molecule has 1 aliphatic rings. The molecule has 88 valence electrons. The summed E-state index contributed by atoms with van der Waals surface area (Å²) in [7, 11) is 0. The molecular formula is C9H15N5OS. The number of nitrogens with one attached hydrogen (secondary N) is 1. The molecule has 0 bridgehead atoms. The van der Waals surface area contributed by atoms with E-state index in [0.717, 1.165) is 12.2 Å². The van der Waals surface area contributed by atoms with Crippen LogP contribution in [0.15, 0.2) is 6.33 Å². The lowest BCUT2D eigenvalue weighted by molar-refractivity contribution is -0.122. The van der Waals surface area contributed by atoms with Gasteiger partial charge in [-0.15, -0.1) is 5.10 Å². The first-order valence-corrected chi connectivity index (χ1v) is 6.41. The fourth-order valence-corrected chi connectivity index (χ4v) is 2.73. The molecule has 1 saturated heterocycles. The number of carbonyl (C=O) groups is 1. The van der Waals surface area contributed by atoms with E-state index in [4.69, 9.17) is 5.73 Å². The average molecular weight is 241 g/mol. The molecule has 1 unspecified atom stereocenters. The third-order valence-electron chi connectivity index (χ3n) is 2.39. The number of nitrogens with zero attached hydrogens (tertiary/aromatic N) is 3. The number of amides is 1. The lowest BCUT2D eigenvalue weighted by Gasteiger charge is -2.22. The Labute approximate surface area is 98.0 Å². The molecule has 1 fully saturated rings. The fourth-order valence-electron chi connectivity index (χ4n) is 1.66. The standard InChI is InChI=1S/C9H15N5OS/c10-9-11-6-14(13-9)4-8(15)12-7-2-1-3-16-5-7/h6-7H,1-5H2,(H2,10,13)(H,12,15). The fraction of sp³-hybridized carbons (Fsp3) is 0.667. The zero-order chi connectivity index (χ0) is 11.4. The van der Waals surface area contributed by atoms with E-state index in [9.17, 15) is 4.79 Å². The van der Waals surface area contributed by atoms with Crippen LogP contribution in [0.1, 0.15) is 12.8 Å². The molecule has 2 rings (SSSR count). The van der Waals surface area contributed by atoms with Crippen LogP contribution in [-0.4, -0.2) is 38.2 Å². The Morgan fingerprint density at radius 1 is 1.75 bits per heavy atom. The summed E-state index contributed by atoms with van der Waals surface area (Å²) >= 11 is 1.89. The van der Waals surface area contributed by atoms with Crippen LogP contribution in [0.3, 0.4) is 0 Å². The molecule has 1 aliphatic heterocycles. The Bertz CT molecular complexity index is 361.